The Balaban J connectivity index is 2.21. The maximum absolute atomic E-state index is 11.2. The minimum Gasteiger partial charge on any atom is -0.481 e. The van der Waals surface area contributed by atoms with E-state index in [1.807, 2.05) is 18.2 Å². The van der Waals surface area contributed by atoms with E-state index < -0.39 is 11.9 Å². The van der Waals surface area contributed by atoms with Gasteiger partial charge in [0.05, 0.1) is 5.92 Å². The number of anilines is 1. The molecule has 0 bridgehead atoms. The molecular formula is C19H23NO2. The first-order valence-electron chi connectivity index (χ1n) is 7.70. The Morgan fingerprint density at radius 3 is 2.23 bits per heavy atom. The monoisotopic (exact) mass is 297 g/mol. The van der Waals surface area contributed by atoms with E-state index in [0.717, 1.165) is 12.1 Å². The zero-order valence-corrected chi connectivity index (χ0v) is 13.2. The van der Waals surface area contributed by atoms with E-state index in [1.165, 1.54) is 11.1 Å². The van der Waals surface area contributed by atoms with Crippen molar-refractivity contribution in [2.24, 2.45) is 5.92 Å². The molecule has 2 aromatic carbocycles. The molecule has 0 aromatic heterocycles. The molecule has 2 rings (SSSR count). The van der Waals surface area contributed by atoms with Crippen LogP contribution in [-0.2, 0) is 17.8 Å². The van der Waals surface area contributed by atoms with Gasteiger partial charge in [-0.25, -0.2) is 0 Å². The summed E-state index contributed by atoms with van der Waals surface area (Å²) in [4.78, 5) is 13.3. The average Bonchev–Trinajstić information content (AvgIpc) is 2.55. The molecule has 0 fully saturated rings. The summed E-state index contributed by atoms with van der Waals surface area (Å²) in [7, 11) is 0. The second-order valence-corrected chi connectivity index (χ2v) is 5.63. The first kappa shape index (κ1) is 16.1. The maximum atomic E-state index is 11.2. The van der Waals surface area contributed by atoms with Crippen molar-refractivity contribution >= 4 is 11.7 Å². The lowest BCUT2D eigenvalue weighted by molar-refractivity contribution is -0.140. The molecule has 3 heteroatoms. The topological polar surface area (TPSA) is 40.5 Å². The first-order chi connectivity index (χ1) is 10.6. The number of aliphatic carboxylic acids is 1. The minimum absolute atomic E-state index is 0.408. The fourth-order valence-electron chi connectivity index (χ4n) is 2.42. The number of hydrogen-bond acceptors (Lipinski definition) is 2. The van der Waals surface area contributed by atoms with Crippen LogP contribution in [0.3, 0.4) is 0 Å². The smallest absolute Gasteiger partial charge is 0.308 e. The molecule has 1 atom stereocenters. The van der Waals surface area contributed by atoms with Crippen LogP contribution in [0.25, 0.3) is 0 Å². The van der Waals surface area contributed by atoms with Crippen LogP contribution in [-0.4, -0.2) is 17.6 Å². The van der Waals surface area contributed by atoms with E-state index in [4.69, 9.17) is 0 Å². The molecule has 1 N–H and O–H groups in total. The third kappa shape index (κ3) is 4.35. The van der Waals surface area contributed by atoms with Crippen LogP contribution in [0.1, 0.15) is 25.0 Å². The van der Waals surface area contributed by atoms with Crippen molar-refractivity contribution in [3.05, 3.63) is 65.7 Å². The summed E-state index contributed by atoms with van der Waals surface area (Å²) < 4.78 is 0. The summed E-state index contributed by atoms with van der Waals surface area (Å²) in [6.45, 7) is 5.09. The number of benzene rings is 2. The molecule has 1 unspecified atom stereocenters. The Bertz CT molecular complexity index is 593. The van der Waals surface area contributed by atoms with Gasteiger partial charge in [-0.3, -0.25) is 4.79 Å². The van der Waals surface area contributed by atoms with Crippen LogP contribution < -0.4 is 4.90 Å². The molecule has 0 aliphatic rings. The molecular weight excluding hydrogens is 274 g/mol. The largest absolute Gasteiger partial charge is 0.481 e. The average molecular weight is 297 g/mol. The van der Waals surface area contributed by atoms with Crippen molar-refractivity contribution in [2.75, 3.05) is 11.4 Å². The Morgan fingerprint density at radius 1 is 1.05 bits per heavy atom. The highest BCUT2D eigenvalue weighted by molar-refractivity contribution is 5.70. The van der Waals surface area contributed by atoms with Crippen LogP contribution in [0.4, 0.5) is 5.69 Å². The Hall–Kier alpha value is -2.29. The summed E-state index contributed by atoms with van der Waals surface area (Å²) in [6.07, 6.45) is 1.00. The molecule has 0 aliphatic carbocycles. The van der Waals surface area contributed by atoms with Gasteiger partial charge in [0.1, 0.15) is 0 Å². The van der Waals surface area contributed by atoms with Crippen molar-refractivity contribution in [3.8, 4) is 0 Å². The van der Waals surface area contributed by atoms with Crippen LogP contribution in [0.2, 0.25) is 0 Å². The lowest BCUT2D eigenvalue weighted by Gasteiger charge is -2.27. The number of carbonyl (C=O) groups is 1. The molecule has 0 saturated carbocycles. The zero-order chi connectivity index (χ0) is 15.9. The van der Waals surface area contributed by atoms with Gasteiger partial charge >= 0.3 is 5.97 Å². The predicted octanol–water partition coefficient (Wildman–Crippen LogP) is 3.98. The highest BCUT2D eigenvalue weighted by Gasteiger charge is 2.17. The predicted molar refractivity (Wildman–Crippen MR) is 90.1 cm³/mol. The molecule has 0 amide bonds. The lowest BCUT2D eigenvalue weighted by Crippen LogP contribution is -2.31. The van der Waals surface area contributed by atoms with Gasteiger partial charge in [-0.05, 0) is 29.7 Å². The van der Waals surface area contributed by atoms with Gasteiger partial charge in [-0.15, -0.1) is 0 Å². The normalized spacial score (nSPS) is 11.9. The van der Waals surface area contributed by atoms with Gasteiger partial charge in [0.25, 0.3) is 0 Å². The number of carboxylic acids is 1. The van der Waals surface area contributed by atoms with Gasteiger partial charge < -0.3 is 10.0 Å². The third-order valence-electron chi connectivity index (χ3n) is 3.84. The molecule has 0 aliphatic heterocycles. The first-order valence-corrected chi connectivity index (χ1v) is 7.70. The van der Waals surface area contributed by atoms with Crippen LogP contribution in [0.5, 0.6) is 0 Å². The lowest BCUT2D eigenvalue weighted by atomic mass is 10.1. The van der Waals surface area contributed by atoms with Crippen LogP contribution in [0, 0.1) is 5.92 Å². The number of carboxylic acid groups (broad SMARTS) is 1. The summed E-state index contributed by atoms with van der Waals surface area (Å²) in [5, 5.41) is 9.20. The van der Waals surface area contributed by atoms with Gasteiger partial charge in [0, 0.05) is 18.8 Å². The molecule has 116 valence electrons. The number of hydrogen-bond donors (Lipinski definition) is 1. The van der Waals surface area contributed by atoms with Crippen LogP contribution in [0.15, 0.2) is 54.6 Å². The Morgan fingerprint density at radius 2 is 1.68 bits per heavy atom. The van der Waals surface area contributed by atoms with E-state index in [1.54, 1.807) is 6.92 Å². The van der Waals surface area contributed by atoms with Gasteiger partial charge in [0.2, 0.25) is 0 Å². The van der Waals surface area contributed by atoms with Crippen LogP contribution >= 0.6 is 0 Å². The number of rotatable bonds is 7. The molecule has 3 nitrogen and oxygen atoms in total. The number of aryl methyl sites for hydroxylation is 1. The van der Waals surface area contributed by atoms with Gasteiger partial charge in [-0.1, -0.05) is 56.3 Å². The second kappa shape index (κ2) is 7.64. The standard InChI is InChI=1S/C19H23NO2/c1-3-16-9-11-18(12-10-16)20(13-15(2)19(21)22)14-17-7-5-4-6-8-17/h4-12,15H,3,13-14H2,1-2H3,(H,21,22). The minimum atomic E-state index is -0.761. The fourth-order valence-corrected chi connectivity index (χ4v) is 2.42. The second-order valence-electron chi connectivity index (χ2n) is 5.63. The fraction of sp³-hybridized carbons (Fsp3) is 0.316. The molecule has 0 spiro atoms. The SMILES string of the molecule is CCc1ccc(N(Cc2ccccc2)CC(C)C(=O)O)cc1. The molecule has 0 saturated heterocycles. The van der Waals surface area contributed by atoms with E-state index >= 15 is 0 Å². The zero-order valence-electron chi connectivity index (χ0n) is 13.2. The molecule has 0 heterocycles. The molecule has 22 heavy (non-hydrogen) atoms. The quantitative estimate of drug-likeness (QED) is 0.840. The summed E-state index contributed by atoms with van der Waals surface area (Å²) >= 11 is 0. The number of nitrogens with zero attached hydrogens (tertiary/aromatic N) is 1. The molecule has 2 aromatic rings. The highest BCUT2D eigenvalue weighted by Crippen LogP contribution is 2.20. The third-order valence-corrected chi connectivity index (χ3v) is 3.84. The van der Waals surface area contributed by atoms with Gasteiger partial charge in [0.15, 0.2) is 0 Å². The van der Waals surface area contributed by atoms with E-state index in [0.29, 0.717) is 13.1 Å². The summed E-state index contributed by atoms with van der Waals surface area (Å²) in [5.41, 5.74) is 3.53. The van der Waals surface area contributed by atoms with E-state index in [9.17, 15) is 9.90 Å². The maximum Gasteiger partial charge on any atom is 0.308 e. The summed E-state index contributed by atoms with van der Waals surface area (Å²) in [6, 6.07) is 18.5. The van der Waals surface area contributed by atoms with Crippen molar-refractivity contribution in [2.45, 2.75) is 26.8 Å². The summed E-state index contributed by atoms with van der Waals surface area (Å²) in [5.74, 6) is -1.17. The van der Waals surface area contributed by atoms with E-state index in [-0.39, 0.29) is 0 Å². The van der Waals surface area contributed by atoms with Gasteiger partial charge in [-0.2, -0.15) is 0 Å². The Kier molecular flexibility index (Phi) is 5.59. The van der Waals surface area contributed by atoms with Crippen molar-refractivity contribution < 1.29 is 9.90 Å². The highest BCUT2D eigenvalue weighted by atomic mass is 16.4. The van der Waals surface area contributed by atoms with Crippen molar-refractivity contribution in [1.29, 1.82) is 0 Å². The van der Waals surface area contributed by atoms with Crippen molar-refractivity contribution in [1.82, 2.24) is 0 Å². The van der Waals surface area contributed by atoms with E-state index in [2.05, 4.69) is 48.2 Å². The van der Waals surface area contributed by atoms with Crippen molar-refractivity contribution in [3.63, 3.8) is 0 Å². The Labute approximate surface area is 132 Å². The molecule has 0 radical (unpaired) electrons.